The van der Waals surface area contributed by atoms with Gasteiger partial charge in [-0.05, 0) is 30.5 Å². The first-order valence-electron chi connectivity index (χ1n) is 6.88. The molecule has 0 spiro atoms. The van der Waals surface area contributed by atoms with Gasteiger partial charge in [-0.1, -0.05) is 23.7 Å². The molecule has 1 fully saturated rings. The zero-order valence-corrected chi connectivity index (χ0v) is 13.0. The van der Waals surface area contributed by atoms with E-state index in [9.17, 15) is 9.59 Å². The van der Waals surface area contributed by atoms with Crippen LogP contribution in [0, 0.1) is 0 Å². The molecule has 0 saturated carbocycles. The number of hydrogen-bond acceptors (Lipinski definition) is 5. The average Bonchev–Trinajstić information content (AvgIpc) is 3.11. The molecule has 1 aromatic rings. The van der Waals surface area contributed by atoms with Gasteiger partial charge < -0.3 is 14.2 Å². The molecule has 2 atom stereocenters. The molecule has 0 amide bonds. The van der Waals surface area contributed by atoms with Crippen LogP contribution in [0.1, 0.15) is 18.4 Å². The highest BCUT2D eigenvalue weighted by molar-refractivity contribution is 6.30. The molecule has 1 aromatic carbocycles. The van der Waals surface area contributed by atoms with Crippen LogP contribution in [0.2, 0.25) is 5.02 Å². The summed E-state index contributed by atoms with van der Waals surface area (Å²) in [5, 5.41) is 0.587. The predicted molar refractivity (Wildman–Crippen MR) is 78.3 cm³/mol. The molecule has 2 aliphatic heterocycles. The fraction of sp³-hybridized carbons (Fsp3) is 0.375. The first kappa shape index (κ1) is 15.1. The summed E-state index contributed by atoms with van der Waals surface area (Å²) in [6.07, 6.45) is 0.801. The second-order valence-corrected chi connectivity index (χ2v) is 5.69. The Morgan fingerprint density at radius 1 is 1.18 bits per heavy atom. The molecule has 6 heteroatoms. The summed E-state index contributed by atoms with van der Waals surface area (Å²) in [6, 6.07) is 7.06. The quantitative estimate of drug-likeness (QED) is 0.800. The molecule has 0 N–H and O–H groups in total. The van der Waals surface area contributed by atoms with Crippen molar-refractivity contribution in [3.63, 3.8) is 0 Å². The Balaban J connectivity index is 2.18. The van der Waals surface area contributed by atoms with Crippen LogP contribution in [0.15, 0.2) is 35.4 Å². The molecule has 2 heterocycles. The topological polar surface area (TPSA) is 61.8 Å². The van der Waals surface area contributed by atoms with E-state index in [0.717, 1.165) is 5.56 Å². The normalized spacial score (nSPS) is 26.2. The van der Waals surface area contributed by atoms with E-state index in [1.165, 1.54) is 14.2 Å². The molecule has 5 nitrogen and oxygen atoms in total. The second-order valence-electron chi connectivity index (χ2n) is 5.25. The average molecular weight is 323 g/mol. The highest BCUT2D eigenvalue weighted by atomic mass is 35.5. The van der Waals surface area contributed by atoms with Gasteiger partial charge in [0.05, 0.1) is 31.5 Å². The summed E-state index contributed by atoms with van der Waals surface area (Å²) in [5.41, 5.74) is 0.306. The van der Waals surface area contributed by atoms with E-state index in [2.05, 4.69) is 0 Å². The maximum absolute atomic E-state index is 12.3. The Labute approximate surface area is 132 Å². The fourth-order valence-corrected chi connectivity index (χ4v) is 3.38. The smallest absolute Gasteiger partial charge is 0.337 e. The van der Waals surface area contributed by atoms with Gasteiger partial charge in [-0.2, -0.15) is 0 Å². The van der Waals surface area contributed by atoms with Gasteiger partial charge in [-0.25, -0.2) is 9.59 Å². The molecule has 2 unspecified atom stereocenters. The second kappa shape index (κ2) is 5.41. The lowest BCUT2D eigenvalue weighted by Gasteiger charge is -2.28. The standard InChI is InChI=1S/C16H15ClO5/c1-20-14(18)12-11-7-8-16(22-11,13(12)15(19)21-2)9-3-5-10(17)6-4-9/h3-6,11H,7-8H2,1-2H3. The first-order chi connectivity index (χ1) is 10.5. The SMILES string of the molecule is COC(=O)C1=C(C(=O)OC)C2(c3ccc(Cl)cc3)CCC1O2. The maximum atomic E-state index is 12.3. The third-order valence-electron chi connectivity index (χ3n) is 4.20. The number of benzene rings is 1. The molecular formula is C16H15ClO5. The third-order valence-corrected chi connectivity index (χ3v) is 4.45. The van der Waals surface area contributed by atoms with Crippen LogP contribution in [0.5, 0.6) is 0 Å². The number of carbonyl (C=O) groups is 2. The Bertz CT molecular complexity index is 664. The maximum Gasteiger partial charge on any atom is 0.337 e. The van der Waals surface area contributed by atoms with Gasteiger partial charge in [-0.15, -0.1) is 0 Å². The fourth-order valence-electron chi connectivity index (χ4n) is 3.26. The number of carbonyl (C=O) groups excluding carboxylic acids is 2. The van der Waals surface area contributed by atoms with E-state index in [4.69, 9.17) is 25.8 Å². The highest BCUT2D eigenvalue weighted by Gasteiger charge is 2.58. The molecule has 3 rings (SSSR count). The third kappa shape index (κ3) is 2.04. The molecule has 0 aromatic heterocycles. The number of methoxy groups -OCH3 is 2. The summed E-state index contributed by atoms with van der Waals surface area (Å²) in [6.45, 7) is 0. The van der Waals surface area contributed by atoms with Crippen molar-refractivity contribution in [2.24, 2.45) is 0 Å². The molecule has 2 bridgehead atoms. The van der Waals surface area contributed by atoms with Crippen LogP contribution in [0.3, 0.4) is 0 Å². The van der Waals surface area contributed by atoms with Crippen molar-refractivity contribution in [3.05, 3.63) is 46.0 Å². The van der Waals surface area contributed by atoms with Crippen LogP contribution < -0.4 is 0 Å². The van der Waals surface area contributed by atoms with Crippen LogP contribution in [0.25, 0.3) is 0 Å². The highest BCUT2D eigenvalue weighted by Crippen LogP contribution is 2.54. The molecule has 22 heavy (non-hydrogen) atoms. The van der Waals surface area contributed by atoms with Crippen LogP contribution in [-0.4, -0.2) is 32.3 Å². The van der Waals surface area contributed by atoms with E-state index in [1.807, 2.05) is 0 Å². The van der Waals surface area contributed by atoms with E-state index >= 15 is 0 Å². The van der Waals surface area contributed by atoms with Gasteiger partial charge >= 0.3 is 11.9 Å². The number of ether oxygens (including phenoxy) is 3. The molecular weight excluding hydrogens is 308 g/mol. The number of halogens is 1. The summed E-state index contributed by atoms with van der Waals surface area (Å²) < 4.78 is 15.7. The van der Waals surface area contributed by atoms with Crippen molar-refractivity contribution in [1.82, 2.24) is 0 Å². The zero-order chi connectivity index (χ0) is 15.9. The van der Waals surface area contributed by atoms with E-state index in [0.29, 0.717) is 17.9 Å². The van der Waals surface area contributed by atoms with Gasteiger partial charge in [-0.3, -0.25) is 0 Å². The zero-order valence-electron chi connectivity index (χ0n) is 12.2. The molecule has 1 saturated heterocycles. The van der Waals surface area contributed by atoms with Crippen molar-refractivity contribution in [2.45, 2.75) is 24.5 Å². The Morgan fingerprint density at radius 3 is 2.41 bits per heavy atom. The Hall–Kier alpha value is -1.85. The lowest BCUT2D eigenvalue weighted by molar-refractivity contribution is -0.140. The van der Waals surface area contributed by atoms with Crippen molar-refractivity contribution in [1.29, 1.82) is 0 Å². The first-order valence-corrected chi connectivity index (χ1v) is 7.26. The van der Waals surface area contributed by atoms with Gasteiger partial charge in [0.25, 0.3) is 0 Å². The van der Waals surface area contributed by atoms with Crippen molar-refractivity contribution >= 4 is 23.5 Å². The minimum absolute atomic E-state index is 0.237. The molecule has 0 radical (unpaired) electrons. The molecule has 0 aliphatic carbocycles. The Morgan fingerprint density at radius 2 is 1.82 bits per heavy atom. The van der Waals surface area contributed by atoms with Crippen LogP contribution in [0.4, 0.5) is 0 Å². The number of rotatable bonds is 3. The van der Waals surface area contributed by atoms with Gasteiger partial charge in [0.2, 0.25) is 0 Å². The van der Waals surface area contributed by atoms with E-state index < -0.39 is 23.6 Å². The van der Waals surface area contributed by atoms with E-state index in [1.54, 1.807) is 24.3 Å². The van der Waals surface area contributed by atoms with Gasteiger partial charge in [0.1, 0.15) is 5.60 Å². The van der Waals surface area contributed by atoms with Gasteiger partial charge in [0, 0.05) is 5.02 Å². The summed E-state index contributed by atoms with van der Waals surface area (Å²) in [7, 11) is 2.57. The predicted octanol–water partition coefficient (Wildman–Crippen LogP) is 2.37. The largest absolute Gasteiger partial charge is 0.466 e. The molecule has 2 aliphatic rings. The molecule has 116 valence electrons. The Kier molecular flexibility index (Phi) is 3.70. The minimum atomic E-state index is -0.966. The lowest BCUT2D eigenvalue weighted by atomic mass is 9.77. The van der Waals surface area contributed by atoms with Crippen molar-refractivity contribution in [2.75, 3.05) is 14.2 Å². The van der Waals surface area contributed by atoms with Crippen LogP contribution in [-0.2, 0) is 29.4 Å². The lowest BCUT2D eigenvalue weighted by Crippen LogP contribution is -2.32. The van der Waals surface area contributed by atoms with Crippen LogP contribution >= 0.6 is 11.6 Å². The van der Waals surface area contributed by atoms with E-state index in [-0.39, 0.29) is 11.1 Å². The minimum Gasteiger partial charge on any atom is -0.466 e. The summed E-state index contributed by atoms with van der Waals surface area (Å²) in [4.78, 5) is 24.4. The number of esters is 2. The summed E-state index contributed by atoms with van der Waals surface area (Å²) in [5.74, 6) is -1.13. The summed E-state index contributed by atoms with van der Waals surface area (Å²) >= 11 is 5.93. The van der Waals surface area contributed by atoms with Crippen molar-refractivity contribution in [3.8, 4) is 0 Å². The van der Waals surface area contributed by atoms with Crippen molar-refractivity contribution < 1.29 is 23.8 Å². The number of fused-ring (bicyclic) bond motifs is 2. The van der Waals surface area contributed by atoms with Gasteiger partial charge in [0.15, 0.2) is 0 Å². The number of hydrogen-bond donors (Lipinski definition) is 0. The monoisotopic (exact) mass is 322 g/mol.